The number of rotatable bonds is 5. The molecule has 4 nitrogen and oxygen atoms in total. The Morgan fingerprint density at radius 1 is 1.24 bits per heavy atom. The van der Waals surface area contributed by atoms with Gasteiger partial charge < -0.3 is 10.4 Å². The summed E-state index contributed by atoms with van der Waals surface area (Å²) < 4.78 is 0. The zero-order chi connectivity index (χ0) is 13.8. The molecule has 3 atom stereocenters. The van der Waals surface area contributed by atoms with Gasteiger partial charge >= 0.3 is 5.97 Å². The predicted molar refractivity (Wildman–Crippen MR) is 67.6 cm³/mol. The van der Waals surface area contributed by atoms with E-state index in [2.05, 4.69) is 5.32 Å². The number of carboxylic acid groups (broad SMARTS) is 1. The molecule has 0 fully saturated rings. The first-order chi connectivity index (χ1) is 7.61. The van der Waals surface area contributed by atoms with Gasteiger partial charge in [-0.1, -0.05) is 34.6 Å². The lowest BCUT2D eigenvalue weighted by Gasteiger charge is -2.30. The Hall–Kier alpha value is -1.06. The van der Waals surface area contributed by atoms with E-state index in [0.29, 0.717) is 6.42 Å². The first-order valence-corrected chi connectivity index (χ1v) is 6.14. The minimum atomic E-state index is -0.921. The number of amides is 1. The van der Waals surface area contributed by atoms with Crippen LogP contribution in [0.2, 0.25) is 0 Å². The largest absolute Gasteiger partial charge is 0.481 e. The van der Waals surface area contributed by atoms with E-state index in [9.17, 15) is 9.59 Å². The van der Waals surface area contributed by atoms with Crippen molar-refractivity contribution in [2.45, 2.75) is 54.0 Å². The van der Waals surface area contributed by atoms with Crippen molar-refractivity contribution >= 4 is 11.9 Å². The highest BCUT2D eigenvalue weighted by Crippen LogP contribution is 2.21. The Bertz CT molecular complexity index is 281. The molecule has 0 heterocycles. The van der Waals surface area contributed by atoms with Crippen LogP contribution in [0.1, 0.15) is 48.0 Å². The average Bonchev–Trinajstić information content (AvgIpc) is 2.16. The number of nitrogens with one attached hydrogen (secondary N) is 1. The topological polar surface area (TPSA) is 66.4 Å². The molecule has 0 aromatic heterocycles. The summed E-state index contributed by atoms with van der Waals surface area (Å²) in [4.78, 5) is 22.9. The summed E-state index contributed by atoms with van der Waals surface area (Å²) in [6.07, 6.45) is 0.538. The van der Waals surface area contributed by atoms with Crippen molar-refractivity contribution < 1.29 is 14.7 Å². The molecule has 0 radical (unpaired) electrons. The van der Waals surface area contributed by atoms with Gasteiger partial charge in [0, 0.05) is 6.04 Å². The monoisotopic (exact) mass is 243 g/mol. The number of carbonyl (C=O) groups excluding carboxylic acids is 1. The highest BCUT2D eigenvalue weighted by molar-refractivity contribution is 5.84. The quantitative estimate of drug-likeness (QED) is 0.778. The van der Waals surface area contributed by atoms with Crippen LogP contribution < -0.4 is 5.32 Å². The van der Waals surface area contributed by atoms with Gasteiger partial charge in [-0.25, -0.2) is 0 Å². The van der Waals surface area contributed by atoms with Crippen LogP contribution in [0.4, 0.5) is 0 Å². The second-order valence-electron chi connectivity index (χ2n) is 5.74. The van der Waals surface area contributed by atoms with Crippen molar-refractivity contribution in [2.75, 3.05) is 0 Å². The molecule has 17 heavy (non-hydrogen) atoms. The fraction of sp³-hybridized carbons (Fsp3) is 0.846. The first-order valence-electron chi connectivity index (χ1n) is 6.14. The molecule has 0 aliphatic rings. The predicted octanol–water partition coefficient (Wildman–Crippen LogP) is 2.28. The summed E-state index contributed by atoms with van der Waals surface area (Å²) in [7, 11) is 0. The number of hydrogen-bond acceptors (Lipinski definition) is 2. The number of hydrogen-bond donors (Lipinski definition) is 2. The molecule has 100 valence electrons. The van der Waals surface area contributed by atoms with E-state index in [0.717, 1.165) is 0 Å². The van der Waals surface area contributed by atoms with Gasteiger partial charge in [-0.05, 0) is 18.8 Å². The standard InChI is InChI=1S/C13H25NO3/c1-7-10(8(2)12(16)17)11(15)14-9(3)13(4,5)6/h8-10H,7H2,1-6H3,(H,14,15)(H,16,17). The normalized spacial score (nSPS) is 17.1. The van der Waals surface area contributed by atoms with Gasteiger partial charge in [0.15, 0.2) is 0 Å². The van der Waals surface area contributed by atoms with Crippen molar-refractivity contribution in [1.82, 2.24) is 5.32 Å². The average molecular weight is 243 g/mol. The molecule has 0 saturated carbocycles. The molecule has 0 aromatic rings. The first kappa shape index (κ1) is 15.9. The van der Waals surface area contributed by atoms with Crippen LogP contribution in [-0.4, -0.2) is 23.0 Å². The van der Waals surface area contributed by atoms with E-state index in [4.69, 9.17) is 5.11 Å². The maximum absolute atomic E-state index is 12.0. The zero-order valence-corrected chi connectivity index (χ0v) is 11.7. The summed E-state index contributed by atoms with van der Waals surface area (Å²) in [5.74, 6) is -2.19. The van der Waals surface area contributed by atoms with Gasteiger partial charge in [0.1, 0.15) is 0 Å². The van der Waals surface area contributed by atoms with Gasteiger partial charge in [0.2, 0.25) is 5.91 Å². The Morgan fingerprint density at radius 3 is 2.00 bits per heavy atom. The highest BCUT2D eigenvalue weighted by Gasteiger charge is 2.31. The molecule has 0 spiro atoms. The zero-order valence-electron chi connectivity index (χ0n) is 11.7. The molecular formula is C13H25NO3. The number of carboxylic acids is 1. The van der Waals surface area contributed by atoms with E-state index in [1.807, 2.05) is 34.6 Å². The van der Waals surface area contributed by atoms with Gasteiger partial charge in [0.05, 0.1) is 11.8 Å². The summed E-state index contributed by atoms with van der Waals surface area (Å²) in [6.45, 7) is 11.5. The van der Waals surface area contributed by atoms with Crippen LogP contribution >= 0.6 is 0 Å². The Morgan fingerprint density at radius 2 is 1.71 bits per heavy atom. The lowest BCUT2D eigenvalue weighted by molar-refractivity contribution is -0.146. The highest BCUT2D eigenvalue weighted by atomic mass is 16.4. The minimum absolute atomic E-state index is 0.0186. The third-order valence-electron chi connectivity index (χ3n) is 3.43. The summed E-state index contributed by atoms with van der Waals surface area (Å²) in [6, 6.07) is 0.0186. The summed E-state index contributed by atoms with van der Waals surface area (Å²) in [5, 5.41) is 11.9. The molecule has 0 saturated heterocycles. The molecule has 4 heteroatoms. The minimum Gasteiger partial charge on any atom is -0.481 e. The van der Waals surface area contributed by atoms with E-state index in [-0.39, 0.29) is 17.4 Å². The fourth-order valence-corrected chi connectivity index (χ4v) is 1.48. The summed E-state index contributed by atoms with van der Waals surface area (Å²) >= 11 is 0. The lowest BCUT2D eigenvalue weighted by Crippen LogP contribution is -2.46. The second-order valence-corrected chi connectivity index (χ2v) is 5.74. The molecule has 3 unspecified atom stereocenters. The van der Waals surface area contributed by atoms with Crippen LogP contribution in [0, 0.1) is 17.3 Å². The fourth-order valence-electron chi connectivity index (χ4n) is 1.48. The Kier molecular flexibility index (Phi) is 5.66. The molecule has 0 aliphatic carbocycles. The van der Waals surface area contributed by atoms with Crippen molar-refractivity contribution in [1.29, 1.82) is 0 Å². The van der Waals surface area contributed by atoms with Crippen LogP contribution in [-0.2, 0) is 9.59 Å². The van der Waals surface area contributed by atoms with Gasteiger partial charge in [0.25, 0.3) is 0 Å². The molecule has 0 rings (SSSR count). The van der Waals surface area contributed by atoms with Crippen LogP contribution in [0.5, 0.6) is 0 Å². The van der Waals surface area contributed by atoms with Crippen molar-refractivity contribution in [3.8, 4) is 0 Å². The van der Waals surface area contributed by atoms with Gasteiger partial charge in [-0.15, -0.1) is 0 Å². The molecule has 0 aromatic carbocycles. The number of carbonyl (C=O) groups is 2. The molecule has 2 N–H and O–H groups in total. The van der Waals surface area contributed by atoms with E-state index in [1.54, 1.807) is 6.92 Å². The maximum Gasteiger partial charge on any atom is 0.307 e. The van der Waals surface area contributed by atoms with E-state index >= 15 is 0 Å². The smallest absolute Gasteiger partial charge is 0.307 e. The van der Waals surface area contributed by atoms with Gasteiger partial charge in [-0.3, -0.25) is 9.59 Å². The summed E-state index contributed by atoms with van der Waals surface area (Å²) in [5.41, 5.74) is -0.0274. The second kappa shape index (κ2) is 6.03. The Labute approximate surface area is 104 Å². The van der Waals surface area contributed by atoms with Crippen molar-refractivity contribution in [3.05, 3.63) is 0 Å². The maximum atomic E-state index is 12.0. The van der Waals surface area contributed by atoms with E-state index < -0.39 is 17.8 Å². The van der Waals surface area contributed by atoms with Crippen LogP contribution in [0.25, 0.3) is 0 Å². The van der Waals surface area contributed by atoms with Gasteiger partial charge in [-0.2, -0.15) is 0 Å². The van der Waals surface area contributed by atoms with Crippen molar-refractivity contribution in [3.63, 3.8) is 0 Å². The third-order valence-corrected chi connectivity index (χ3v) is 3.43. The van der Waals surface area contributed by atoms with E-state index in [1.165, 1.54) is 0 Å². The molecule has 1 amide bonds. The lowest BCUT2D eigenvalue weighted by atomic mass is 9.86. The molecular weight excluding hydrogens is 218 g/mol. The molecule has 0 aliphatic heterocycles. The Balaban J connectivity index is 4.62. The van der Waals surface area contributed by atoms with Crippen molar-refractivity contribution in [2.24, 2.45) is 17.3 Å². The van der Waals surface area contributed by atoms with Crippen LogP contribution in [0.15, 0.2) is 0 Å². The SMILES string of the molecule is CCC(C(=O)NC(C)C(C)(C)C)C(C)C(=O)O. The molecule has 0 bridgehead atoms. The number of aliphatic carboxylic acids is 1. The van der Waals surface area contributed by atoms with Crippen LogP contribution in [0.3, 0.4) is 0 Å². The third kappa shape index (κ3) is 4.75.